The van der Waals surface area contributed by atoms with Crippen molar-refractivity contribution < 1.29 is 74.5 Å². The summed E-state index contributed by atoms with van der Waals surface area (Å²) in [4.78, 5) is 15.7. The first-order chi connectivity index (χ1) is 53.9. The van der Waals surface area contributed by atoms with Gasteiger partial charge in [0.2, 0.25) is 5.91 Å². The van der Waals surface area contributed by atoms with Gasteiger partial charge in [-0.05, 0) is 123 Å². The molecule has 3 fully saturated rings. The first-order valence-electron chi connectivity index (χ1n) is 37.4. The fraction of sp³-hybridized carbons (Fsp3) is 0.272. The lowest BCUT2D eigenvalue weighted by atomic mass is 9.78. The van der Waals surface area contributed by atoms with Crippen LogP contribution < -0.4 is 4.90 Å². The summed E-state index contributed by atoms with van der Waals surface area (Å²) in [6, 6.07) is 93.9. The monoisotopic (exact) mass is 1500 g/mol. The molecule has 15 nitrogen and oxygen atoms in total. The highest BCUT2D eigenvalue weighted by Crippen LogP contribution is 2.47. The van der Waals surface area contributed by atoms with Crippen molar-refractivity contribution in [3.8, 4) is 11.1 Å². The van der Waals surface area contributed by atoms with E-state index < -0.39 is 107 Å². The second-order valence-corrected chi connectivity index (χ2v) is 30.0. The van der Waals surface area contributed by atoms with Gasteiger partial charge in [0.1, 0.15) is 66.6 Å². The second kappa shape index (κ2) is 37.8. The minimum atomic E-state index is -4.26. The van der Waals surface area contributed by atoms with Crippen LogP contribution in [0.1, 0.15) is 75.1 Å². The maximum atomic E-state index is 15.6. The Bertz CT molecular complexity index is 4730. The third kappa shape index (κ3) is 20.1. The minimum absolute atomic E-state index is 0.0357. The van der Waals surface area contributed by atoms with Gasteiger partial charge in [-0.1, -0.05) is 261 Å². The number of aliphatic hydroxyl groups is 1. The standard InChI is InChI=1S/C92H89F2NO14S/c93-75-44-40-73(41-45-75)80(96)53-52-79-84(95(91(79)97)77-48-46-76(94)47-49-77)74-38-36-71(37-39-74)72-42-50-78(51-43-72)110(98,99)63-83-86(103-57-67-28-14-4-15-29-67)88(104-58-68-30-16-5-17-31-68)87(82(107-83)62-101-55-65-24-10-2-11-25-65)109-92-90(106-60-70-34-20-7-21-35-70)89(105-59-69-32-18-6-19-33-69)85(102-56-66-26-12-3-13-27-66)81(108-92)61-100-54-64-22-8-1-9-23-64/h1-51,79-90,92,96H,52-63H2/t79-,80+,81?,82?,83+,84-,85+,86?,87+,88-,89+,90?,92+/m1/s1. The van der Waals surface area contributed by atoms with Gasteiger partial charge in [-0.25, -0.2) is 17.2 Å². The van der Waals surface area contributed by atoms with Crippen LogP contribution >= 0.6 is 0 Å². The number of ether oxygens (including phenoxy) is 10. The summed E-state index contributed by atoms with van der Waals surface area (Å²) in [6.45, 7) is 0.952. The van der Waals surface area contributed by atoms with E-state index in [0.717, 1.165) is 55.6 Å². The molecule has 4 unspecified atom stereocenters. The van der Waals surface area contributed by atoms with E-state index in [9.17, 15) is 18.7 Å². The summed E-state index contributed by atoms with van der Waals surface area (Å²) in [5.74, 6) is -2.10. The summed E-state index contributed by atoms with van der Waals surface area (Å²) in [5.41, 5.74) is 9.61. The lowest BCUT2D eigenvalue weighted by Crippen LogP contribution is -2.66. The molecule has 18 heteroatoms. The normalized spacial score (nSPS) is 22.3. The van der Waals surface area contributed by atoms with Crippen molar-refractivity contribution >= 4 is 21.4 Å². The Balaban J connectivity index is 0.801. The Morgan fingerprint density at radius 2 is 0.755 bits per heavy atom. The topological polar surface area (TPSA) is 167 Å². The predicted octanol–water partition coefficient (Wildman–Crippen LogP) is 16.9. The highest BCUT2D eigenvalue weighted by molar-refractivity contribution is 7.91. The zero-order valence-electron chi connectivity index (χ0n) is 60.8. The number of amides is 1. The molecule has 566 valence electrons. The maximum Gasteiger partial charge on any atom is 0.233 e. The number of hydrogen-bond acceptors (Lipinski definition) is 14. The Labute approximate surface area is 641 Å². The Hall–Kier alpha value is -9.74. The summed E-state index contributed by atoms with van der Waals surface area (Å²) in [7, 11) is -4.26. The van der Waals surface area contributed by atoms with Crippen molar-refractivity contribution in [2.75, 3.05) is 23.9 Å². The van der Waals surface area contributed by atoms with Crippen LogP contribution in [0.2, 0.25) is 0 Å². The van der Waals surface area contributed by atoms with Crippen molar-refractivity contribution in [1.82, 2.24) is 0 Å². The largest absolute Gasteiger partial charge is 0.388 e. The molecule has 0 radical (unpaired) electrons. The lowest BCUT2D eigenvalue weighted by Gasteiger charge is -2.50. The lowest BCUT2D eigenvalue weighted by molar-refractivity contribution is -0.362. The Morgan fingerprint density at radius 3 is 1.19 bits per heavy atom. The van der Waals surface area contributed by atoms with Gasteiger partial charge in [-0.3, -0.25) is 4.79 Å². The smallest absolute Gasteiger partial charge is 0.233 e. The summed E-state index contributed by atoms with van der Waals surface area (Å²) >= 11 is 0. The maximum absolute atomic E-state index is 15.6. The molecule has 0 aromatic heterocycles. The van der Waals surface area contributed by atoms with Crippen LogP contribution in [0, 0.1) is 17.6 Å². The average molecular weight is 1500 g/mol. The van der Waals surface area contributed by atoms with E-state index in [1.807, 2.05) is 237 Å². The van der Waals surface area contributed by atoms with Crippen molar-refractivity contribution in [2.24, 2.45) is 5.92 Å². The zero-order valence-corrected chi connectivity index (χ0v) is 61.6. The molecule has 3 heterocycles. The van der Waals surface area contributed by atoms with Crippen LogP contribution in [0.4, 0.5) is 14.5 Å². The average Bonchev–Trinajstić information content (AvgIpc) is 0.960. The van der Waals surface area contributed by atoms with Crippen molar-refractivity contribution in [1.29, 1.82) is 0 Å². The number of carbonyl (C=O) groups is 1. The van der Waals surface area contributed by atoms with E-state index in [4.69, 9.17) is 47.4 Å². The number of nitrogens with zero attached hydrogens (tertiary/aromatic N) is 1. The SMILES string of the molecule is O=C1[C@H](CC[C@H](O)c2ccc(F)cc2)[C@@H](c2ccc(-c3ccc(S(=O)(=O)C[C@@H]4OC(COCc5ccccc5)[C@H](O[C@@H]5OC(COCc6ccccc6)[C@H](OCc6ccccc6)[C@H](OCc6ccccc6)C5OCc5ccccc5)[C@H](OCc5ccccc5)C4OCc4ccccc4)cc3)cc2)N1c1ccc(F)cc1. The molecule has 11 aromatic carbocycles. The fourth-order valence-corrected chi connectivity index (χ4v) is 16.0. The van der Waals surface area contributed by atoms with Gasteiger partial charge in [0.15, 0.2) is 16.1 Å². The summed E-state index contributed by atoms with van der Waals surface area (Å²) in [6.07, 6.45) is -10.9. The van der Waals surface area contributed by atoms with E-state index >= 15 is 8.42 Å². The molecule has 14 rings (SSSR count). The van der Waals surface area contributed by atoms with Crippen LogP contribution in [0.15, 0.2) is 314 Å². The number of aliphatic hydroxyl groups excluding tert-OH is 1. The zero-order chi connectivity index (χ0) is 75.4. The molecule has 0 bridgehead atoms. The molecule has 11 aromatic rings. The highest BCUT2D eigenvalue weighted by Gasteiger charge is 2.55. The van der Waals surface area contributed by atoms with Gasteiger partial charge >= 0.3 is 0 Å². The third-order valence-electron chi connectivity index (χ3n) is 20.3. The molecule has 3 aliphatic heterocycles. The van der Waals surface area contributed by atoms with Crippen molar-refractivity contribution in [3.63, 3.8) is 0 Å². The van der Waals surface area contributed by atoms with Gasteiger partial charge in [-0.2, -0.15) is 0 Å². The molecule has 110 heavy (non-hydrogen) atoms. The van der Waals surface area contributed by atoms with E-state index in [1.54, 1.807) is 41.3 Å². The van der Waals surface area contributed by atoms with Crippen LogP contribution in [-0.2, 0) is 108 Å². The predicted molar refractivity (Wildman–Crippen MR) is 414 cm³/mol. The first-order valence-corrected chi connectivity index (χ1v) is 39.0. The molecule has 0 spiro atoms. The van der Waals surface area contributed by atoms with E-state index in [1.165, 1.54) is 36.4 Å². The molecule has 0 aliphatic carbocycles. The summed E-state index contributed by atoms with van der Waals surface area (Å²) < 4.78 is 131. The van der Waals surface area contributed by atoms with Crippen LogP contribution in [0.25, 0.3) is 11.1 Å². The number of anilines is 1. The number of rotatable bonds is 35. The van der Waals surface area contributed by atoms with Crippen LogP contribution in [-0.4, -0.2) is 99.6 Å². The summed E-state index contributed by atoms with van der Waals surface area (Å²) in [5, 5.41) is 11.1. The van der Waals surface area contributed by atoms with E-state index in [0.29, 0.717) is 17.7 Å². The van der Waals surface area contributed by atoms with Gasteiger partial charge < -0.3 is 57.4 Å². The number of sulfone groups is 1. The third-order valence-corrected chi connectivity index (χ3v) is 22.1. The molecular weight excluding hydrogens is 1410 g/mol. The molecule has 3 saturated heterocycles. The van der Waals surface area contributed by atoms with Gasteiger partial charge in [0.25, 0.3) is 0 Å². The van der Waals surface area contributed by atoms with Crippen molar-refractivity contribution in [3.05, 3.63) is 371 Å². The molecule has 13 atom stereocenters. The van der Waals surface area contributed by atoms with Gasteiger partial charge in [0, 0.05) is 5.69 Å². The first kappa shape index (κ1) is 77.0. The number of benzene rings is 11. The molecule has 1 amide bonds. The van der Waals surface area contributed by atoms with E-state index in [-0.39, 0.29) is 76.7 Å². The fourth-order valence-electron chi connectivity index (χ4n) is 14.6. The quantitative estimate of drug-likeness (QED) is 0.0373. The molecular formula is C92H89F2NO14S. The number of hydrogen-bond donors (Lipinski definition) is 1. The second-order valence-electron chi connectivity index (χ2n) is 28.0. The van der Waals surface area contributed by atoms with Crippen LogP contribution in [0.3, 0.4) is 0 Å². The highest BCUT2D eigenvalue weighted by atomic mass is 32.2. The number of halogens is 2. The molecule has 3 aliphatic rings. The Morgan fingerprint density at radius 1 is 0.391 bits per heavy atom. The van der Waals surface area contributed by atoms with Crippen molar-refractivity contribution in [2.45, 2.75) is 137 Å². The molecule has 1 N–H and O–H groups in total. The Kier molecular flexibility index (Phi) is 26.5. The van der Waals surface area contributed by atoms with Crippen LogP contribution in [0.5, 0.6) is 0 Å². The number of β-lactam (4-membered cyclic amide) rings is 1. The number of carbonyl (C=O) groups excluding carboxylic acids is 1. The molecule has 0 saturated carbocycles. The van der Waals surface area contributed by atoms with E-state index in [2.05, 4.69) is 0 Å². The minimum Gasteiger partial charge on any atom is -0.388 e. The van der Waals surface area contributed by atoms with Gasteiger partial charge in [0.05, 0.1) is 88.2 Å². The van der Waals surface area contributed by atoms with Gasteiger partial charge in [-0.15, -0.1) is 0 Å².